The van der Waals surface area contributed by atoms with E-state index in [1.807, 2.05) is 30.3 Å². The van der Waals surface area contributed by atoms with Crippen LogP contribution in [0, 0.1) is 0 Å². The first-order valence-electron chi connectivity index (χ1n) is 9.04. The molecule has 0 unspecified atom stereocenters. The summed E-state index contributed by atoms with van der Waals surface area (Å²) in [7, 11) is 1.59. The van der Waals surface area contributed by atoms with E-state index in [9.17, 15) is 25.5 Å². The van der Waals surface area contributed by atoms with Crippen molar-refractivity contribution >= 4 is 12.2 Å². The van der Waals surface area contributed by atoms with Gasteiger partial charge in [0.2, 0.25) is 6.29 Å². The molecular weight excluding hydrogens is 380 g/mol. The highest BCUT2D eigenvalue weighted by atomic mass is 16.7. The van der Waals surface area contributed by atoms with Crippen molar-refractivity contribution in [2.45, 2.75) is 30.7 Å². The predicted molar refractivity (Wildman–Crippen MR) is 104 cm³/mol. The summed E-state index contributed by atoms with van der Waals surface area (Å²) in [5.41, 5.74) is 1.55. The van der Waals surface area contributed by atoms with E-state index in [1.165, 1.54) is 12.1 Å². The molecule has 8 nitrogen and oxygen atoms in total. The number of hydrogen-bond acceptors (Lipinski definition) is 8. The first-order valence-corrected chi connectivity index (χ1v) is 9.04. The molecule has 1 aliphatic heterocycles. The largest absolute Gasteiger partial charge is 0.508 e. The van der Waals surface area contributed by atoms with Crippen molar-refractivity contribution in [2.24, 2.45) is 0 Å². The van der Waals surface area contributed by atoms with Crippen LogP contribution in [-0.4, -0.2) is 70.0 Å². The van der Waals surface area contributed by atoms with Crippen molar-refractivity contribution in [2.75, 3.05) is 13.7 Å². The minimum Gasteiger partial charge on any atom is -0.508 e. The Bertz CT molecular complexity index is 833. The van der Waals surface area contributed by atoms with Gasteiger partial charge in [-0.15, -0.1) is 0 Å². The monoisotopic (exact) mass is 404 g/mol. The molecule has 2 aromatic rings. The summed E-state index contributed by atoms with van der Waals surface area (Å²) in [5, 5.41) is 49.0. The fourth-order valence-electron chi connectivity index (χ4n) is 2.98. The SMILES string of the molecule is COc1ccc(/C=C\c2cc(O)cc(O[C@@H]3O[C@H](CO)[C@@H](O)[C@H](O)[C@H]3O)c2)cc1. The number of aliphatic hydroxyl groups excluding tert-OH is 4. The maximum atomic E-state index is 10.1. The fourth-order valence-corrected chi connectivity index (χ4v) is 2.98. The van der Waals surface area contributed by atoms with Crippen LogP contribution in [0.1, 0.15) is 11.1 Å². The van der Waals surface area contributed by atoms with Crippen molar-refractivity contribution in [3.8, 4) is 17.2 Å². The van der Waals surface area contributed by atoms with Gasteiger partial charge in [-0.05, 0) is 35.4 Å². The Morgan fingerprint density at radius 2 is 1.59 bits per heavy atom. The molecule has 0 amide bonds. The second-order valence-corrected chi connectivity index (χ2v) is 6.68. The van der Waals surface area contributed by atoms with Gasteiger partial charge in [-0.25, -0.2) is 0 Å². The number of aromatic hydroxyl groups is 1. The van der Waals surface area contributed by atoms with Crippen molar-refractivity contribution in [1.29, 1.82) is 0 Å². The molecule has 0 bridgehead atoms. The van der Waals surface area contributed by atoms with Gasteiger partial charge in [0.05, 0.1) is 13.7 Å². The topological polar surface area (TPSA) is 129 Å². The molecule has 0 aromatic heterocycles. The molecular formula is C21H24O8. The van der Waals surface area contributed by atoms with E-state index in [1.54, 1.807) is 19.3 Å². The quantitative estimate of drug-likeness (QED) is 0.446. The van der Waals surface area contributed by atoms with Crippen molar-refractivity contribution < 1.29 is 39.7 Å². The van der Waals surface area contributed by atoms with Crippen LogP contribution in [0.3, 0.4) is 0 Å². The number of benzene rings is 2. The summed E-state index contributed by atoms with van der Waals surface area (Å²) in [5.74, 6) is 0.861. The molecule has 1 aliphatic rings. The van der Waals surface area contributed by atoms with Crippen LogP contribution in [0.2, 0.25) is 0 Å². The van der Waals surface area contributed by atoms with Gasteiger partial charge < -0.3 is 39.7 Å². The number of phenolic OH excluding ortho intramolecular Hbond substituents is 1. The Balaban J connectivity index is 1.75. The van der Waals surface area contributed by atoms with Gasteiger partial charge >= 0.3 is 0 Å². The lowest BCUT2D eigenvalue weighted by molar-refractivity contribution is -0.277. The van der Waals surface area contributed by atoms with Gasteiger partial charge in [-0.1, -0.05) is 24.3 Å². The van der Waals surface area contributed by atoms with Crippen LogP contribution >= 0.6 is 0 Å². The average molecular weight is 404 g/mol. The van der Waals surface area contributed by atoms with Crippen molar-refractivity contribution in [3.05, 3.63) is 53.6 Å². The number of ether oxygens (including phenoxy) is 3. The molecule has 5 atom stereocenters. The van der Waals surface area contributed by atoms with E-state index < -0.39 is 37.3 Å². The third-order valence-corrected chi connectivity index (χ3v) is 4.60. The molecule has 29 heavy (non-hydrogen) atoms. The van der Waals surface area contributed by atoms with Crippen LogP contribution in [0.15, 0.2) is 42.5 Å². The summed E-state index contributed by atoms with van der Waals surface area (Å²) < 4.78 is 16.0. The summed E-state index contributed by atoms with van der Waals surface area (Å²) in [6.45, 7) is -0.555. The Morgan fingerprint density at radius 3 is 2.24 bits per heavy atom. The van der Waals surface area contributed by atoms with E-state index in [2.05, 4.69) is 0 Å². The fraction of sp³-hybridized carbons (Fsp3) is 0.333. The maximum Gasteiger partial charge on any atom is 0.229 e. The number of phenols is 1. The van der Waals surface area contributed by atoms with E-state index in [0.717, 1.165) is 11.3 Å². The molecule has 1 saturated heterocycles. The maximum absolute atomic E-state index is 10.1. The zero-order valence-electron chi connectivity index (χ0n) is 15.8. The predicted octanol–water partition coefficient (Wildman–Crippen LogP) is 0.750. The molecule has 3 rings (SSSR count). The molecule has 0 spiro atoms. The Kier molecular flexibility index (Phi) is 6.73. The molecule has 0 saturated carbocycles. The van der Waals surface area contributed by atoms with Crippen molar-refractivity contribution in [1.82, 2.24) is 0 Å². The molecule has 1 heterocycles. The Hall–Kier alpha value is -2.62. The Labute approximate surface area is 167 Å². The summed E-state index contributed by atoms with van der Waals surface area (Å²) in [6.07, 6.45) is -3.35. The third-order valence-electron chi connectivity index (χ3n) is 4.60. The third kappa shape index (κ3) is 5.06. The number of rotatable bonds is 6. The molecule has 0 aliphatic carbocycles. The van der Waals surface area contributed by atoms with E-state index in [-0.39, 0.29) is 11.5 Å². The first-order chi connectivity index (χ1) is 13.9. The molecule has 1 fully saturated rings. The highest BCUT2D eigenvalue weighted by Crippen LogP contribution is 2.28. The van der Waals surface area contributed by atoms with Crippen LogP contribution < -0.4 is 9.47 Å². The van der Waals surface area contributed by atoms with E-state index in [0.29, 0.717) is 5.56 Å². The lowest BCUT2D eigenvalue weighted by Crippen LogP contribution is -2.60. The smallest absolute Gasteiger partial charge is 0.229 e. The molecule has 8 heteroatoms. The first kappa shape index (κ1) is 21.1. The van der Waals surface area contributed by atoms with Crippen LogP contribution in [0.25, 0.3) is 12.2 Å². The Morgan fingerprint density at radius 1 is 0.897 bits per heavy atom. The van der Waals surface area contributed by atoms with Gasteiger partial charge in [0, 0.05) is 6.07 Å². The van der Waals surface area contributed by atoms with Crippen LogP contribution in [-0.2, 0) is 4.74 Å². The molecule has 2 aromatic carbocycles. The second-order valence-electron chi connectivity index (χ2n) is 6.68. The van der Waals surface area contributed by atoms with Crippen LogP contribution in [0.4, 0.5) is 0 Å². The van der Waals surface area contributed by atoms with Crippen molar-refractivity contribution in [3.63, 3.8) is 0 Å². The van der Waals surface area contributed by atoms with E-state index >= 15 is 0 Å². The lowest BCUT2D eigenvalue weighted by Gasteiger charge is -2.39. The summed E-state index contributed by atoms with van der Waals surface area (Å²) in [6, 6.07) is 11.9. The van der Waals surface area contributed by atoms with Crippen LogP contribution in [0.5, 0.6) is 17.2 Å². The highest BCUT2D eigenvalue weighted by molar-refractivity contribution is 5.71. The lowest BCUT2D eigenvalue weighted by atomic mass is 9.99. The molecule has 0 radical (unpaired) electrons. The minimum atomic E-state index is -1.54. The highest BCUT2D eigenvalue weighted by Gasteiger charge is 2.44. The van der Waals surface area contributed by atoms with Gasteiger partial charge in [-0.2, -0.15) is 0 Å². The number of aliphatic hydroxyl groups is 4. The molecule has 5 N–H and O–H groups in total. The van der Waals surface area contributed by atoms with E-state index in [4.69, 9.17) is 14.2 Å². The average Bonchev–Trinajstić information content (AvgIpc) is 2.72. The number of hydrogen-bond donors (Lipinski definition) is 5. The standard InChI is InChI=1S/C21H24O8/c1-27-15-6-4-12(5-7-15)2-3-13-8-14(23)10-16(9-13)28-21-20(26)19(25)18(24)17(11-22)29-21/h2-10,17-26H,11H2,1H3/b3-2-/t17-,18-,19+,20-,21-/m1/s1. The number of methoxy groups -OCH3 is 1. The zero-order chi connectivity index (χ0) is 21.0. The van der Waals surface area contributed by atoms with Gasteiger partial charge in [0.25, 0.3) is 0 Å². The summed E-state index contributed by atoms with van der Waals surface area (Å²) in [4.78, 5) is 0. The summed E-state index contributed by atoms with van der Waals surface area (Å²) >= 11 is 0. The molecule has 156 valence electrons. The van der Waals surface area contributed by atoms with Gasteiger partial charge in [-0.3, -0.25) is 0 Å². The van der Waals surface area contributed by atoms with Gasteiger partial charge in [0.1, 0.15) is 41.7 Å². The van der Waals surface area contributed by atoms with Gasteiger partial charge in [0.15, 0.2) is 0 Å². The zero-order valence-corrected chi connectivity index (χ0v) is 15.8. The minimum absolute atomic E-state index is 0.0681. The second kappa shape index (κ2) is 9.25. The normalized spacial score (nSPS) is 27.1.